The zero-order valence-electron chi connectivity index (χ0n) is 6.00. The van der Waals surface area contributed by atoms with Crippen LogP contribution in [-0.4, -0.2) is 20.6 Å². The van der Waals surface area contributed by atoms with E-state index in [9.17, 15) is 4.79 Å². The van der Waals surface area contributed by atoms with Gasteiger partial charge in [0.1, 0.15) is 5.15 Å². The minimum atomic E-state index is -0.879. The van der Waals surface area contributed by atoms with E-state index in [2.05, 4.69) is 4.98 Å². The van der Waals surface area contributed by atoms with Gasteiger partial charge in [-0.15, -0.1) is 0 Å². The summed E-state index contributed by atoms with van der Waals surface area (Å²) in [6.07, 6.45) is 1.42. The van der Waals surface area contributed by atoms with Crippen LogP contribution in [0.4, 0.5) is 0 Å². The highest BCUT2D eigenvalue weighted by Gasteiger charge is 2.06. The van der Waals surface area contributed by atoms with Crippen LogP contribution in [-0.2, 0) is 11.3 Å². The van der Waals surface area contributed by atoms with E-state index in [-0.39, 0.29) is 23.3 Å². The number of carboxylic acid groups (broad SMARTS) is 1. The number of carboxylic acids is 1. The van der Waals surface area contributed by atoms with Crippen LogP contribution >= 0.6 is 23.2 Å². The minimum absolute atomic E-state index is 0.00636. The number of rotatable bonds is 3. The van der Waals surface area contributed by atoms with Gasteiger partial charge in [-0.2, -0.15) is 0 Å². The van der Waals surface area contributed by atoms with Crippen LogP contribution in [0.2, 0.25) is 10.3 Å². The van der Waals surface area contributed by atoms with Crippen molar-refractivity contribution < 1.29 is 9.90 Å². The fourth-order valence-corrected chi connectivity index (χ4v) is 1.04. The smallest absolute Gasteiger partial charge is 0.305 e. The molecule has 12 heavy (non-hydrogen) atoms. The molecule has 1 heterocycles. The molecule has 0 radical (unpaired) electrons. The third-order valence-corrected chi connectivity index (χ3v) is 2.07. The van der Waals surface area contributed by atoms with E-state index in [1.807, 2.05) is 0 Å². The van der Waals surface area contributed by atoms with Gasteiger partial charge in [0.15, 0.2) is 5.15 Å². The van der Waals surface area contributed by atoms with Gasteiger partial charge in [0, 0.05) is 6.54 Å². The van der Waals surface area contributed by atoms with Crippen molar-refractivity contribution >= 4 is 29.2 Å². The zero-order chi connectivity index (χ0) is 9.14. The summed E-state index contributed by atoms with van der Waals surface area (Å²) < 4.78 is 1.48. The van der Waals surface area contributed by atoms with Gasteiger partial charge >= 0.3 is 5.97 Å². The third kappa shape index (κ3) is 2.12. The minimum Gasteiger partial charge on any atom is -0.481 e. The topological polar surface area (TPSA) is 55.1 Å². The van der Waals surface area contributed by atoms with E-state index in [4.69, 9.17) is 28.3 Å². The van der Waals surface area contributed by atoms with Crippen molar-refractivity contribution in [1.82, 2.24) is 9.55 Å². The van der Waals surface area contributed by atoms with E-state index in [0.717, 1.165) is 0 Å². The summed E-state index contributed by atoms with van der Waals surface area (Å²) in [6.45, 7) is 0.286. The second kappa shape index (κ2) is 3.78. The molecule has 4 nitrogen and oxygen atoms in total. The highest BCUT2D eigenvalue weighted by Crippen LogP contribution is 2.19. The highest BCUT2D eigenvalue weighted by atomic mass is 35.5. The Balaban J connectivity index is 2.63. The first kappa shape index (κ1) is 9.35. The van der Waals surface area contributed by atoms with E-state index in [1.165, 1.54) is 10.9 Å². The molecule has 0 spiro atoms. The molecule has 0 fully saturated rings. The number of aromatic nitrogens is 2. The van der Waals surface area contributed by atoms with E-state index in [1.54, 1.807) is 0 Å². The molecule has 0 bridgehead atoms. The van der Waals surface area contributed by atoms with Crippen molar-refractivity contribution in [2.75, 3.05) is 0 Å². The second-order valence-electron chi connectivity index (χ2n) is 2.16. The van der Waals surface area contributed by atoms with Gasteiger partial charge in [0.25, 0.3) is 0 Å². The Morgan fingerprint density at radius 1 is 1.67 bits per heavy atom. The number of nitrogens with zero attached hydrogens (tertiary/aromatic N) is 2. The monoisotopic (exact) mass is 208 g/mol. The van der Waals surface area contributed by atoms with Gasteiger partial charge in [-0.1, -0.05) is 23.2 Å². The lowest BCUT2D eigenvalue weighted by atomic mass is 10.4. The Labute approximate surface area is 78.7 Å². The molecular formula is C6H6Cl2N2O2. The molecule has 0 unspecified atom stereocenters. The second-order valence-corrected chi connectivity index (χ2v) is 2.88. The number of halogens is 2. The zero-order valence-corrected chi connectivity index (χ0v) is 7.51. The Morgan fingerprint density at radius 3 is 2.75 bits per heavy atom. The molecule has 1 rings (SSSR count). The summed E-state index contributed by atoms with van der Waals surface area (Å²) >= 11 is 11.2. The lowest BCUT2D eigenvalue weighted by molar-refractivity contribution is -0.137. The molecule has 0 aliphatic rings. The number of hydrogen-bond acceptors (Lipinski definition) is 2. The number of aryl methyl sites for hydroxylation is 1. The molecule has 0 aliphatic carbocycles. The number of hydrogen-bond donors (Lipinski definition) is 1. The fraction of sp³-hybridized carbons (Fsp3) is 0.333. The fourth-order valence-electron chi connectivity index (χ4n) is 0.715. The first-order valence-corrected chi connectivity index (χ1v) is 3.95. The lowest BCUT2D eigenvalue weighted by Crippen LogP contribution is -2.03. The van der Waals surface area contributed by atoms with Crippen molar-refractivity contribution in [1.29, 1.82) is 0 Å². The SMILES string of the molecule is O=C(O)CCn1cnc(Cl)c1Cl. The van der Waals surface area contributed by atoms with Crippen LogP contribution in [0, 0.1) is 0 Å². The molecule has 0 atom stereocenters. The van der Waals surface area contributed by atoms with Crippen molar-refractivity contribution in [2.24, 2.45) is 0 Å². The van der Waals surface area contributed by atoms with Gasteiger partial charge in [-0.3, -0.25) is 4.79 Å². The van der Waals surface area contributed by atoms with Gasteiger partial charge in [-0.05, 0) is 0 Å². The summed E-state index contributed by atoms with van der Waals surface area (Å²) in [5.41, 5.74) is 0. The molecule has 0 aromatic carbocycles. The predicted molar refractivity (Wildman–Crippen MR) is 44.5 cm³/mol. The molecule has 0 amide bonds. The Morgan fingerprint density at radius 2 is 2.33 bits per heavy atom. The standard InChI is InChI=1S/C6H6Cl2N2O2/c7-5-6(8)10(3-9-5)2-1-4(11)12/h3H,1-2H2,(H,11,12). The van der Waals surface area contributed by atoms with Gasteiger partial charge in [0.05, 0.1) is 12.7 Å². The van der Waals surface area contributed by atoms with E-state index in [0.29, 0.717) is 0 Å². The van der Waals surface area contributed by atoms with Gasteiger partial charge < -0.3 is 9.67 Å². The average molecular weight is 209 g/mol. The van der Waals surface area contributed by atoms with Crippen LogP contribution in [0.3, 0.4) is 0 Å². The largest absolute Gasteiger partial charge is 0.481 e. The van der Waals surface area contributed by atoms with Crippen molar-refractivity contribution in [3.8, 4) is 0 Å². The summed E-state index contributed by atoms with van der Waals surface area (Å²) in [6, 6.07) is 0. The molecule has 1 aromatic heterocycles. The Hall–Kier alpha value is -0.740. The molecule has 0 aliphatic heterocycles. The van der Waals surface area contributed by atoms with Gasteiger partial charge in [0.2, 0.25) is 0 Å². The molecule has 0 saturated heterocycles. The summed E-state index contributed by atoms with van der Waals surface area (Å²) in [7, 11) is 0. The quantitative estimate of drug-likeness (QED) is 0.823. The summed E-state index contributed by atoms with van der Waals surface area (Å²) in [4.78, 5) is 13.9. The van der Waals surface area contributed by atoms with Crippen molar-refractivity contribution in [3.63, 3.8) is 0 Å². The molecular weight excluding hydrogens is 203 g/mol. The molecule has 1 aromatic rings. The average Bonchev–Trinajstić information content (AvgIpc) is 2.30. The Bertz CT molecular complexity index is 298. The summed E-state index contributed by atoms with van der Waals surface area (Å²) in [5, 5.41) is 8.83. The van der Waals surface area contributed by atoms with E-state index < -0.39 is 5.97 Å². The molecule has 6 heteroatoms. The predicted octanol–water partition coefficient (Wildman–Crippen LogP) is 1.66. The molecule has 0 saturated carbocycles. The summed E-state index contributed by atoms with van der Waals surface area (Å²) in [5.74, 6) is -0.879. The molecule has 66 valence electrons. The van der Waals surface area contributed by atoms with Crippen LogP contribution in [0.5, 0.6) is 0 Å². The van der Waals surface area contributed by atoms with Gasteiger partial charge in [-0.25, -0.2) is 4.98 Å². The van der Waals surface area contributed by atoms with Crippen LogP contribution in [0.15, 0.2) is 6.33 Å². The third-order valence-electron chi connectivity index (χ3n) is 1.30. The first-order valence-electron chi connectivity index (χ1n) is 3.19. The van der Waals surface area contributed by atoms with Crippen LogP contribution < -0.4 is 0 Å². The maximum atomic E-state index is 10.2. The van der Waals surface area contributed by atoms with Crippen LogP contribution in [0.1, 0.15) is 6.42 Å². The number of imidazole rings is 1. The van der Waals surface area contributed by atoms with Crippen LogP contribution in [0.25, 0.3) is 0 Å². The van der Waals surface area contributed by atoms with Crippen molar-refractivity contribution in [2.45, 2.75) is 13.0 Å². The Kier molecular flexibility index (Phi) is 2.94. The number of aliphatic carboxylic acids is 1. The number of carbonyl (C=O) groups is 1. The van der Waals surface area contributed by atoms with Crippen molar-refractivity contribution in [3.05, 3.63) is 16.6 Å². The maximum absolute atomic E-state index is 10.2. The normalized spacial score (nSPS) is 10.2. The van der Waals surface area contributed by atoms with E-state index >= 15 is 0 Å². The molecule has 1 N–H and O–H groups in total. The first-order chi connectivity index (χ1) is 5.61. The highest BCUT2D eigenvalue weighted by molar-refractivity contribution is 6.40. The maximum Gasteiger partial charge on any atom is 0.305 e. The lowest BCUT2D eigenvalue weighted by Gasteiger charge is -1.99.